The second kappa shape index (κ2) is 5.64. The molecule has 1 aliphatic carbocycles. The number of hydrogen-bond acceptors (Lipinski definition) is 4. The van der Waals surface area contributed by atoms with Crippen LogP contribution >= 0.6 is 0 Å². The molecule has 0 saturated heterocycles. The summed E-state index contributed by atoms with van der Waals surface area (Å²) in [6.45, 7) is 4.11. The number of rotatable bonds is 3. The topological polar surface area (TPSA) is 56.5 Å². The van der Waals surface area contributed by atoms with Gasteiger partial charge >= 0.3 is 5.97 Å². The molecule has 2 aromatic rings. The fourth-order valence-corrected chi connectivity index (χ4v) is 2.84. The Morgan fingerprint density at radius 3 is 2.91 bits per heavy atom. The van der Waals surface area contributed by atoms with Crippen LogP contribution in [0.3, 0.4) is 0 Å². The highest BCUT2D eigenvalue weighted by Crippen LogP contribution is 2.39. The number of furan rings is 1. The molecule has 22 heavy (non-hydrogen) atoms. The average molecular weight is 296 g/mol. The summed E-state index contributed by atoms with van der Waals surface area (Å²) in [5.41, 5.74) is 3.22. The van der Waals surface area contributed by atoms with Gasteiger partial charge in [-0.05, 0) is 18.6 Å². The highest BCUT2D eigenvalue weighted by molar-refractivity contribution is 6.11. The van der Waals surface area contributed by atoms with Crippen molar-refractivity contribution in [2.75, 3.05) is 6.61 Å². The van der Waals surface area contributed by atoms with Gasteiger partial charge in [-0.3, -0.25) is 4.79 Å². The van der Waals surface area contributed by atoms with E-state index in [2.05, 4.69) is 0 Å². The summed E-state index contributed by atoms with van der Waals surface area (Å²) in [4.78, 5) is 23.9. The third-order valence-electron chi connectivity index (χ3n) is 3.86. The molecule has 3 rings (SSSR count). The van der Waals surface area contributed by atoms with Gasteiger partial charge in [0.2, 0.25) is 5.78 Å². The van der Waals surface area contributed by atoms with Crippen molar-refractivity contribution in [1.82, 2.24) is 0 Å². The van der Waals surface area contributed by atoms with Crippen molar-refractivity contribution in [3.63, 3.8) is 0 Å². The quantitative estimate of drug-likeness (QED) is 0.642. The van der Waals surface area contributed by atoms with Crippen LogP contribution in [0.2, 0.25) is 0 Å². The lowest BCUT2D eigenvalue weighted by molar-refractivity contribution is -0.137. The summed E-state index contributed by atoms with van der Waals surface area (Å²) < 4.78 is 10.3. The maximum absolute atomic E-state index is 12.5. The van der Waals surface area contributed by atoms with E-state index in [1.807, 2.05) is 31.2 Å². The molecule has 112 valence electrons. The van der Waals surface area contributed by atoms with Crippen molar-refractivity contribution in [2.24, 2.45) is 0 Å². The number of fused-ring (bicyclic) bond motifs is 2. The molecule has 0 N–H and O–H groups in total. The number of esters is 1. The van der Waals surface area contributed by atoms with E-state index in [1.54, 1.807) is 13.0 Å². The summed E-state index contributed by atoms with van der Waals surface area (Å²) >= 11 is 0. The summed E-state index contributed by atoms with van der Waals surface area (Å²) in [5.74, 6) is -0.133. The lowest BCUT2D eigenvalue weighted by atomic mass is 9.80. The van der Waals surface area contributed by atoms with Crippen LogP contribution in [-0.2, 0) is 9.53 Å². The molecule has 4 nitrogen and oxygen atoms in total. The van der Waals surface area contributed by atoms with E-state index < -0.39 is 5.97 Å². The van der Waals surface area contributed by atoms with Crippen LogP contribution in [-0.4, -0.2) is 18.4 Å². The second-order valence-electron chi connectivity index (χ2n) is 5.16. The van der Waals surface area contributed by atoms with E-state index in [4.69, 9.17) is 9.15 Å². The monoisotopic (exact) mass is 296 g/mol. The first-order chi connectivity index (χ1) is 10.6. The minimum absolute atomic E-state index is 0.0319. The first-order valence-electron chi connectivity index (χ1n) is 7.23. The third-order valence-corrected chi connectivity index (χ3v) is 3.86. The molecule has 0 amide bonds. The molecule has 0 spiro atoms. The van der Waals surface area contributed by atoms with Gasteiger partial charge in [0.1, 0.15) is 0 Å². The molecule has 4 heteroatoms. The lowest BCUT2D eigenvalue weighted by Crippen LogP contribution is -2.16. The largest absolute Gasteiger partial charge is 0.463 e. The number of ether oxygens (including phenoxy) is 1. The smallest absolute Gasteiger partial charge is 0.330 e. The van der Waals surface area contributed by atoms with Crippen LogP contribution in [0.4, 0.5) is 0 Å². The standard InChI is InChI=1S/C18H16O4/c1-3-21-15(19)9-8-12-10-22-18-16(12)11(2)13-6-4-5-7-14(13)17(18)20/h4-11H,3H2,1-2H3/b9-8-. The number of carbonyl (C=O) groups excluding carboxylic acids is 2. The average Bonchev–Trinajstić information content (AvgIpc) is 2.95. The van der Waals surface area contributed by atoms with Crippen molar-refractivity contribution in [2.45, 2.75) is 19.8 Å². The molecule has 1 aromatic heterocycles. The first kappa shape index (κ1) is 14.3. The molecule has 0 radical (unpaired) electrons. The molecule has 0 aliphatic heterocycles. The minimum atomic E-state index is -0.410. The van der Waals surface area contributed by atoms with Gasteiger partial charge in [-0.1, -0.05) is 31.2 Å². The predicted octanol–water partition coefficient (Wildman–Crippen LogP) is 3.55. The summed E-state index contributed by atoms with van der Waals surface area (Å²) in [6, 6.07) is 7.53. The Bertz CT molecular complexity index is 767. The molecule has 1 aliphatic rings. The SMILES string of the molecule is CCOC(=O)/C=C\c1coc2c1C(C)c1ccccc1C2=O. The van der Waals surface area contributed by atoms with Crippen LogP contribution in [0.15, 0.2) is 41.0 Å². The fourth-order valence-electron chi connectivity index (χ4n) is 2.84. The lowest BCUT2D eigenvalue weighted by Gasteiger charge is -2.21. The first-order valence-corrected chi connectivity index (χ1v) is 7.23. The molecular weight excluding hydrogens is 280 g/mol. The molecule has 0 fully saturated rings. The predicted molar refractivity (Wildman–Crippen MR) is 81.8 cm³/mol. The molecule has 1 unspecified atom stereocenters. The molecule has 1 heterocycles. The van der Waals surface area contributed by atoms with E-state index in [0.717, 1.165) is 16.7 Å². The Labute approximate surface area is 128 Å². The van der Waals surface area contributed by atoms with Crippen LogP contribution < -0.4 is 0 Å². The summed E-state index contributed by atoms with van der Waals surface area (Å²) in [6.07, 6.45) is 4.51. The van der Waals surface area contributed by atoms with Gasteiger partial charge in [0, 0.05) is 28.7 Å². The zero-order valence-corrected chi connectivity index (χ0v) is 12.5. The number of ketones is 1. The van der Waals surface area contributed by atoms with Gasteiger partial charge in [0.05, 0.1) is 12.9 Å². The van der Waals surface area contributed by atoms with Crippen molar-refractivity contribution in [1.29, 1.82) is 0 Å². The van der Waals surface area contributed by atoms with E-state index in [9.17, 15) is 9.59 Å². The zero-order chi connectivity index (χ0) is 15.7. The molecule has 1 aromatic carbocycles. The second-order valence-corrected chi connectivity index (χ2v) is 5.16. The number of benzene rings is 1. The molecule has 0 saturated carbocycles. The molecule has 1 atom stereocenters. The Hall–Kier alpha value is -2.62. The minimum Gasteiger partial charge on any atom is -0.463 e. The Morgan fingerprint density at radius 1 is 1.36 bits per heavy atom. The van der Waals surface area contributed by atoms with E-state index in [-0.39, 0.29) is 11.7 Å². The Balaban J connectivity index is 2.01. The number of carbonyl (C=O) groups is 2. The maximum Gasteiger partial charge on any atom is 0.330 e. The van der Waals surface area contributed by atoms with Gasteiger partial charge in [0.25, 0.3) is 0 Å². The van der Waals surface area contributed by atoms with Crippen LogP contribution in [0, 0.1) is 0 Å². The number of hydrogen-bond donors (Lipinski definition) is 0. The van der Waals surface area contributed by atoms with Crippen LogP contribution in [0.1, 0.15) is 52.6 Å². The van der Waals surface area contributed by atoms with Crippen molar-refractivity contribution in [3.05, 3.63) is 64.6 Å². The van der Waals surface area contributed by atoms with E-state index >= 15 is 0 Å². The van der Waals surface area contributed by atoms with Crippen molar-refractivity contribution in [3.8, 4) is 0 Å². The van der Waals surface area contributed by atoms with Crippen LogP contribution in [0.25, 0.3) is 6.08 Å². The zero-order valence-electron chi connectivity index (χ0n) is 12.5. The van der Waals surface area contributed by atoms with Crippen molar-refractivity contribution >= 4 is 17.8 Å². The Morgan fingerprint density at radius 2 is 2.14 bits per heavy atom. The van der Waals surface area contributed by atoms with Gasteiger partial charge in [-0.25, -0.2) is 4.79 Å². The van der Waals surface area contributed by atoms with Gasteiger partial charge in [0.15, 0.2) is 5.76 Å². The Kier molecular flexibility index (Phi) is 3.67. The van der Waals surface area contributed by atoms with Crippen molar-refractivity contribution < 1.29 is 18.7 Å². The highest BCUT2D eigenvalue weighted by atomic mass is 16.5. The van der Waals surface area contributed by atoms with Gasteiger partial charge < -0.3 is 9.15 Å². The highest BCUT2D eigenvalue weighted by Gasteiger charge is 2.32. The van der Waals surface area contributed by atoms with Gasteiger partial charge in [-0.15, -0.1) is 0 Å². The molecule has 0 bridgehead atoms. The van der Waals surface area contributed by atoms with E-state index in [0.29, 0.717) is 17.9 Å². The van der Waals surface area contributed by atoms with Crippen LogP contribution in [0.5, 0.6) is 0 Å². The maximum atomic E-state index is 12.5. The van der Waals surface area contributed by atoms with E-state index in [1.165, 1.54) is 12.3 Å². The summed E-state index contributed by atoms with van der Waals surface area (Å²) in [7, 11) is 0. The van der Waals surface area contributed by atoms with Gasteiger partial charge in [-0.2, -0.15) is 0 Å². The fraction of sp³-hybridized carbons (Fsp3) is 0.222. The third kappa shape index (κ3) is 2.26. The summed E-state index contributed by atoms with van der Waals surface area (Å²) in [5, 5.41) is 0. The molecular formula is C18H16O4. The normalized spacial score (nSPS) is 16.5.